The summed E-state index contributed by atoms with van der Waals surface area (Å²) in [6, 6.07) is 0. The van der Waals surface area contributed by atoms with Gasteiger partial charge in [-0.15, -0.1) is 11.3 Å². The molecule has 7 heteroatoms. The van der Waals surface area contributed by atoms with Gasteiger partial charge in [-0.25, -0.2) is 4.98 Å². The minimum absolute atomic E-state index is 0.805. The molecular formula is C17H28N6S. The van der Waals surface area contributed by atoms with E-state index in [1.54, 1.807) is 11.3 Å². The van der Waals surface area contributed by atoms with Gasteiger partial charge in [0.15, 0.2) is 5.96 Å². The Morgan fingerprint density at radius 3 is 2.75 bits per heavy atom. The molecule has 0 aliphatic carbocycles. The van der Waals surface area contributed by atoms with E-state index < -0.39 is 0 Å². The highest BCUT2D eigenvalue weighted by molar-refractivity contribution is 7.11. The second kappa shape index (κ2) is 9.42. The molecule has 0 aliphatic heterocycles. The molecule has 2 aromatic heterocycles. The molecule has 24 heavy (non-hydrogen) atoms. The van der Waals surface area contributed by atoms with Gasteiger partial charge >= 0.3 is 0 Å². The van der Waals surface area contributed by atoms with Gasteiger partial charge in [-0.05, 0) is 39.2 Å². The summed E-state index contributed by atoms with van der Waals surface area (Å²) < 4.78 is 1.84. The third-order valence-electron chi connectivity index (χ3n) is 3.70. The number of hydrogen-bond donors (Lipinski definition) is 2. The molecule has 0 saturated carbocycles. The summed E-state index contributed by atoms with van der Waals surface area (Å²) in [5.41, 5.74) is 2.41. The maximum atomic E-state index is 4.64. The van der Waals surface area contributed by atoms with Gasteiger partial charge in [0.2, 0.25) is 0 Å². The molecule has 0 fully saturated rings. The molecule has 2 rings (SSSR count). The molecular weight excluding hydrogens is 320 g/mol. The van der Waals surface area contributed by atoms with Crippen molar-refractivity contribution in [1.29, 1.82) is 0 Å². The molecule has 0 unspecified atom stereocenters. The van der Waals surface area contributed by atoms with E-state index in [2.05, 4.69) is 52.7 Å². The number of aryl methyl sites for hydroxylation is 4. The van der Waals surface area contributed by atoms with Crippen molar-refractivity contribution in [2.75, 3.05) is 19.6 Å². The minimum atomic E-state index is 0.805. The van der Waals surface area contributed by atoms with Crippen LogP contribution in [0, 0.1) is 13.8 Å². The van der Waals surface area contributed by atoms with Crippen LogP contribution < -0.4 is 10.6 Å². The summed E-state index contributed by atoms with van der Waals surface area (Å²) in [5, 5.41) is 12.1. The van der Waals surface area contributed by atoms with E-state index >= 15 is 0 Å². The smallest absolute Gasteiger partial charge is 0.191 e. The molecule has 0 spiro atoms. The van der Waals surface area contributed by atoms with Gasteiger partial charge in [0.25, 0.3) is 0 Å². The predicted molar refractivity (Wildman–Crippen MR) is 101 cm³/mol. The van der Waals surface area contributed by atoms with Crippen molar-refractivity contribution in [2.24, 2.45) is 12.0 Å². The summed E-state index contributed by atoms with van der Waals surface area (Å²) in [6.45, 7) is 8.79. The molecule has 6 nitrogen and oxygen atoms in total. The Hall–Kier alpha value is -1.89. The van der Waals surface area contributed by atoms with Crippen LogP contribution in [0.5, 0.6) is 0 Å². The largest absolute Gasteiger partial charge is 0.357 e. The molecule has 0 saturated heterocycles. The fourth-order valence-electron chi connectivity index (χ4n) is 2.35. The van der Waals surface area contributed by atoms with E-state index in [-0.39, 0.29) is 0 Å². The van der Waals surface area contributed by atoms with Crippen molar-refractivity contribution in [3.05, 3.63) is 33.5 Å². The van der Waals surface area contributed by atoms with Crippen molar-refractivity contribution in [3.63, 3.8) is 0 Å². The number of aromatic nitrogens is 3. The van der Waals surface area contributed by atoms with Crippen LogP contribution in [0.15, 0.2) is 17.4 Å². The van der Waals surface area contributed by atoms with Gasteiger partial charge in [-0.3, -0.25) is 9.67 Å². The zero-order valence-corrected chi connectivity index (χ0v) is 15.9. The van der Waals surface area contributed by atoms with E-state index in [1.807, 2.05) is 17.9 Å². The molecule has 2 N–H and O–H groups in total. The number of hydrogen-bond acceptors (Lipinski definition) is 4. The van der Waals surface area contributed by atoms with Crippen molar-refractivity contribution < 1.29 is 0 Å². The van der Waals surface area contributed by atoms with Crippen molar-refractivity contribution in [3.8, 4) is 0 Å². The van der Waals surface area contributed by atoms with E-state index in [9.17, 15) is 0 Å². The first-order valence-corrected chi connectivity index (χ1v) is 9.32. The Kier molecular flexibility index (Phi) is 7.24. The number of aliphatic imine (C=N–C) groups is 1. The normalized spacial score (nSPS) is 11.8. The van der Waals surface area contributed by atoms with E-state index in [1.165, 1.54) is 15.4 Å². The fourth-order valence-corrected chi connectivity index (χ4v) is 3.28. The average molecular weight is 349 g/mol. The Bertz CT molecular complexity index is 638. The Balaban J connectivity index is 1.73. The molecule has 132 valence electrons. The molecule has 0 radical (unpaired) electrons. The number of nitrogens with zero attached hydrogens (tertiary/aromatic N) is 4. The summed E-state index contributed by atoms with van der Waals surface area (Å²) in [4.78, 5) is 10.5. The lowest BCUT2D eigenvalue weighted by Crippen LogP contribution is -2.38. The first kappa shape index (κ1) is 18.4. The highest BCUT2D eigenvalue weighted by atomic mass is 32.1. The first-order chi connectivity index (χ1) is 11.6. The number of nitrogens with one attached hydrogen (secondary N) is 2. The quantitative estimate of drug-likeness (QED) is 0.436. The van der Waals surface area contributed by atoms with Crippen molar-refractivity contribution in [1.82, 2.24) is 25.4 Å². The van der Waals surface area contributed by atoms with Crippen LogP contribution in [-0.4, -0.2) is 40.4 Å². The molecule has 0 aliphatic rings. The number of guanidine groups is 1. The highest BCUT2D eigenvalue weighted by Gasteiger charge is 2.04. The van der Waals surface area contributed by atoms with Crippen LogP contribution in [0.4, 0.5) is 0 Å². The van der Waals surface area contributed by atoms with Crippen LogP contribution in [0.25, 0.3) is 0 Å². The summed E-state index contributed by atoms with van der Waals surface area (Å²) >= 11 is 1.78. The van der Waals surface area contributed by atoms with E-state index in [0.717, 1.165) is 50.6 Å². The van der Waals surface area contributed by atoms with Gasteiger partial charge in [0, 0.05) is 44.2 Å². The SMILES string of the molecule is CCNC(=NCCCc1cnn(C)c1)NCCc1nc(C)c(C)s1. The Morgan fingerprint density at radius 1 is 1.29 bits per heavy atom. The lowest BCUT2D eigenvalue weighted by atomic mass is 10.2. The molecule has 0 atom stereocenters. The Morgan fingerprint density at radius 2 is 2.12 bits per heavy atom. The molecule has 2 aromatic rings. The second-order valence-corrected chi connectivity index (χ2v) is 7.10. The third-order valence-corrected chi connectivity index (χ3v) is 4.83. The van der Waals surface area contributed by atoms with E-state index in [4.69, 9.17) is 0 Å². The Labute approximate surface area is 148 Å². The summed E-state index contributed by atoms with van der Waals surface area (Å²) in [6.07, 6.45) is 6.94. The van der Waals surface area contributed by atoms with Gasteiger partial charge in [-0.1, -0.05) is 0 Å². The first-order valence-electron chi connectivity index (χ1n) is 8.51. The van der Waals surface area contributed by atoms with Crippen molar-refractivity contribution in [2.45, 2.75) is 40.0 Å². The fraction of sp³-hybridized carbons (Fsp3) is 0.588. The lowest BCUT2D eigenvalue weighted by molar-refractivity contribution is 0.762. The van der Waals surface area contributed by atoms with E-state index in [0.29, 0.717) is 0 Å². The molecule has 0 aromatic carbocycles. The van der Waals surface area contributed by atoms with Gasteiger partial charge in [-0.2, -0.15) is 5.10 Å². The van der Waals surface area contributed by atoms with Crippen LogP contribution in [0.3, 0.4) is 0 Å². The summed E-state index contributed by atoms with van der Waals surface area (Å²) in [7, 11) is 1.94. The second-order valence-electron chi connectivity index (χ2n) is 5.81. The molecule has 2 heterocycles. The van der Waals surface area contributed by atoms with Crippen molar-refractivity contribution >= 4 is 17.3 Å². The predicted octanol–water partition coefficient (Wildman–Crippen LogP) is 2.22. The van der Waals surface area contributed by atoms with Crippen LogP contribution in [-0.2, 0) is 19.9 Å². The standard InChI is InChI=1S/C17H28N6S/c1-5-18-17(19-9-6-7-15-11-21-23(4)12-15)20-10-8-16-22-13(2)14(3)24-16/h11-12H,5-10H2,1-4H3,(H2,18,19,20). The topological polar surface area (TPSA) is 67.1 Å². The highest BCUT2D eigenvalue weighted by Crippen LogP contribution is 2.16. The summed E-state index contributed by atoms with van der Waals surface area (Å²) in [5.74, 6) is 0.883. The van der Waals surface area contributed by atoms with Crippen LogP contribution in [0.2, 0.25) is 0 Å². The third kappa shape index (κ3) is 5.96. The lowest BCUT2D eigenvalue weighted by Gasteiger charge is -2.10. The maximum absolute atomic E-state index is 4.64. The van der Waals surface area contributed by atoms with Gasteiger partial charge < -0.3 is 10.6 Å². The monoisotopic (exact) mass is 348 g/mol. The average Bonchev–Trinajstić information content (AvgIpc) is 3.09. The molecule has 0 amide bonds. The molecule has 0 bridgehead atoms. The zero-order chi connectivity index (χ0) is 17.4. The zero-order valence-electron chi connectivity index (χ0n) is 15.1. The maximum Gasteiger partial charge on any atom is 0.191 e. The number of thiazole rings is 1. The van der Waals surface area contributed by atoms with Crippen LogP contribution in [0.1, 0.15) is 34.5 Å². The van der Waals surface area contributed by atoms with Gasteiger partial charge in [0.1, 0.15) is 0 Å². The minimum Gasteiger partial charge on any atom is -0.357 e. The van der Waals surface area contributed by atoms with Gasteiger partial charge in [0.05, 0.1) is 16.9 Å². The number of rotatable bonds is 8. The van der Waals surface area contributed by atoms with Crippen LogP contribution >= 0.6 is 11.3 Å².